The van der Waals surface area contributed by atoms with Crippen molar-refractivity contribution >= 4 is 29.8 Å². The van der Waals surface area contributed by atoms with Crippen LogP contribution in [0.4, 0.5) is 4.79 Å². The topological polar surface area (TPSA) is 124 Å². The number of esters is 3. The summed E-state index contributed by atoms with van der Waals surface area (Å²) >= 11 is 0. The normalized spacial score (nSPS) is 16.9. The van der Waals surface area contributed by atoms with Gasteiger partial charge in [-0.3, -0.25) is 4.90 Å². The highest BCUT2D eigenvalue weighted by Gasteiger charge is 2.46. The number of amides is 1. The van der Waals surface area contributed by atoms with E-state index in [4.69, 9.17) is 18.9 Å². The summed E-state index contributed by atoms with van der Waals surface area (Å²) in [6.07, 6.45) is -2.22. The second-order valence-corrected chi connectivity index (χ2v) is 7.07. The molecule has 0 aliphatic carbocycles. The summed E-state index contributed by atoms with van der Waals surface area (Å²) in [5.41, 5.74) is -1.80. The molecule has 1 heterocycles. The molecular formula is C18H27N3O8. The molecule has 0 aromatic heterocycles. The van der Waals surface area contributed by atoms with Crippen molar-refractivity contribution in [2.75, 3.05) is 34.9 Å². The minimum Gasteiger partial charge on any atom is -0.465 e. The molecule has 1 atom stereocenters. The first-order valence-corrected chi connectivity index (χ1v) is 8.74. The zero-order valence-corrected chi connectivity index (χ0v) is 17.9. The first kappa shape index (κ1) is 24.1. The second-order valence-electron chi connectivity index (χ2n) is 7.07. The summed E-state index contributed by atoms with van der Waals surface area (Å²) in [5, 5.41) is 0. The summed E-state index contributed by atoms with van der Waals surface area (Å²) in [4.78, 5) is 56.8. The summed E-state index contributed by atoms with van der Waals surface area (Å²) in [7, 11) is 5.31. The van der Waals surface area contributed by atoms with Gasteiger partial charge in [0.1, 0.15) is 17.3 Å². The molecule has 11 heteroatoms. The minimum absolute atomic E-state index is 0.00618. The molecule has 1 aliphatic heterocycles. The molecule has 1 aliphatic rings. The Hall–Kier alpha value is -2.95. The Labute approximate surface area is 169 Å². The molecule has 1 rings (SSSR count). The Kier molecular flexibility index (Phi) is 7.89. The van der Waals surface area contributed by atoms with Crippen LogP contribution in [0.3, 0.4) is 0 Å². The smallest absolute Gasteiger partial charge is 0.421 e. The van der Waals surface area contributed by atoms with Crippen LogP contribution in [0.5, 0.6) is 0 Å². The maximum absolute atomic E-state index is 12.9. The molecule has 0 bridgehead atoms. The number of hydrogen-bond acceptors (Lipinski definition) is 10. The van der Waals surface area contributed by atoms with Crippen molar-refractivity contribution in [1.29, 1.82) is 0 Å². The minimum atomic E-state index is -1.12. The van der Waals surface area contributed by atoms with Gasteiger partial charge >= 0.3 is 24.0 Å². The Balaban J connectivity index is 3.82. The van der Waals surface area contributed by atoms with Crippen molar-refractivity contribution in [3.8, 4) is 0 Å². The van der Waals surface area contributed by atoms with Crippen LogP contribution in [0.2, 0.25) is 0 Å². The lowest BCUT2D eigenvalue weighted by Crippen LogP contribution is -2.52. The van der Waals surface area contributed by atoms with Gasteiger partial charge in [0.2, 0.25) is 5.84 Å². The van der Waals surface area contributed by atoms with E-state index in [2.05, 4.69) is 4.99 Å². The van der Waals surface area contributed by atoms with Gasteiger partial charge < -0.3 is 18.9 Å². The highest BCUT2D eigenvalue weighted by atomic mass is 16.6. The van der Waals surface area contributed by atoms with Crippen LogP contribution in [-0.4, -0.2) is 86.3 Å². The van der Waals surface area contributed by atoms with Gasteiger partial charge in [0.15, 0.2) is 5.70 Å². The average Bonchev–Trinajstić information content (AvgIpc) is 2.63. The molecule has 29 heavy (non-hydrogen) atoms. The molecule has 1 unspecified atom stereocenters. The van der Waals surface area contributed by atoms with E-state index in [1.54, 1.807) is 41.8 Å². The largest absolute Gasteiger partial charge is 0.465 e. The fraction of sp³-hybridized carbons (Fsp3) is 0.611. The van der Waals surface area contributed by atoms with Crippen LogP contribution >= 0.6 is 0 Å². The lowest BCUT2D eigenvalue weighted by molar-refractivity contribution is -0.141. The van der Waals surface area contributed by atoms with Crippen molar-refractivity contribution in [3.63, 3.8) is 0 Å². The number of aliphatic imine (C=N–C) groups is 1. The van der Waals surface area contributed by atoms with E-state index in [1.807, 2.05) is 0 Å². The Morgan fingerprint density at radius 3 is 2.00 bits per heavy atom. The van der Waals surface area contributed by atoms with Crippen LogP contribution < -0.4 is 0 Å². The van der Waals surface area contributed by atoms with Crippen LogP contribution in [0.15, 0.2) is 16.3 Å². The van der Waals surface area contributed by atoms with Gasteiger partial charge in [-0.15, -0.1) is 0 Å². The second kappa shape index (κ2) is 9.50. The number of hydrogen-bond donors (Lipinski definition) is 0. The van der Waals surface area contributed by atoms with E-state index in [0.29, 0.717) is 4.90 Å². The van der Waals surface area contributed by atoms with Gasteiger partial charge in [0.25, 0.3) is 0 Å². The van der Waals surface area contributed by atoms with Crippen molar-refractivity contribution < 1.29 is 38.1 Å². The van der Waals surface area contributed by atoms with Crippen molar-refractivity contribution in [1.82, 2.24) is 9.80 Å². The first-order valence-electron chi connectivity index (χ1n) is 8.74. The van der Waals surface area contributed by atoms with Crippen LogP contribution in [0.1, 0.15) is 27.7 Å². The van der Waals surface area contributed by atoms with Gasteiger partial charge in [-0.05, 0) is 41.8 Å². The molecule has 0 aromatic rings. The molecule has 0 N–H and O–H groups in total. The molecule has 1 amide bonds. The molecule has 0 saturated heterocycles. The third-order valence-electron chi connectivity index (χ3n) is 3.50. The fourth-order valence-corrected chi connectivity index (χ4v) is 2.40. The highest BCUT2D eigenvalue weighted by Crippen LogP contribution is 2.28. The Bertz CT molecular complexity index is 749. The Morgan fingerprint density at radius 1 is 1.03 bits per heavy atom. The van der Waals surface area contributed by atoms with Gasteiger partial charge in [-0.1, -0.05) is 0 Å². The number of methoxy groups -OCH3 is 2. The summed E-state index contributed by atoms with van der Waals surface area (Å²) in [5.74, 6) is -3.48. The quantitative estimate of drug-likeness (QED) is 0.473. The molecule has 162 valence electrons. The molecular weight excluding hydrogens is 386 g/mol. The van der Waals surface area contributed by atoms with Crippen molar-refractivity contribution in [3.05, 3.63) is 11.3 Å². The number of carbonyl (C=O) groups is 4. The monoisotopic (exact) mass is 413 g/mol. The molecule has 0 saturated carbocycles. The summed E-state index contributed by atoms with van der Waals surface area (Å²) in [6.45, 7) is 6.36. The molecule has 11 nitrogen and oxygen atoms in total. The maximum Gasteiger partial charge on any atom is 0.421 e. The summed E-state index contributed by atoms with van der Waals surface area (Å²) < 4.78 is 19.8. The van der Waals surface area contributed by atoms with Gasteiger partial charge in [0, 0.05) is 0 Å². The number of amidine groups is 1. The lowest BCUT2D eigenvalue weighted by Gasteiger charge is -2.35. The fourth-order valence-electron chi connectivity index (χ4n) is 2.40. The molecule has 0 spiro atoms. The van der Waals surface area contributed by atoms with E-state index < -0.39 is 47.3 Å². The van der Waals surface area contributed by atoms with Crippen LogP contribution in [-0.2, 0) is 33.3 Å². The molecule has 0 radical (unpaired) electrons. The van der Waals surface area contributed by atoms with Crippen molar-refractivity contribution in [2.45, 2.75) is 39.5 Å². The van der Waals surface area contributed by atoms with Gasteiger partial charge in [-0.2, -0.15) is 0 Å². The van der Waals surface area contributed by atoms with Crippen molar-refractivity contribution in [2.24, 2.45) is 4.99 Å². The van der Waals surface area contributed by atoms with E-state index in [9.17, 15) is 19.2 Å². The predicted molar refractivity (Wildman–Crippen MR) is 101 cm³/mol. The maximum atomic E-state index is 12.9. The zero-order chi connectivity index (χ0) is 22.5. The van der Waals surface area contributed by atoms with Gasteiger partial charge in [-0.25, -0.2) is 29.1 Å². The third-order valence-corrected chi connectivity index (χ3v) is 3.50. The highest BCUT2D eigenvalue weighted by molar-refractivity contribution is 6.39. The standard InChI is InChI=1S/C18H27N3O8/c1-9-28-16(24)13-19-12(20(5)6)10(14(22)26-7)11(15(23)27-8)21(13)17(25)29-18(2,3)4/h12H,9H2,1-8H3. The zero-order valence-electron chi connectivity index (χ0n) is 17.9. The van der Waals surface area contributed by atoms with Crippen LogP contribution in [0, 0.1) is 0 Å². The number of likely N-dealkylation sites (N-methyl/N-ethyl adjacent to an activating group) is 1. The van der Waals surface area contributed by atoms with E-state index in [0.717, 1.165) is 14.2 Å². The first-order chi connectivity index (χ1) is 13.4. The van der Waals surface area contributed by atoms with E-state index in [1.165, 1.54) is 4.90 Å². The number of nitrogens with zero attached hydrogens (tertiary/aromatic N) is 3. The van der Waals surface area contributed by atoms with E-state index >= 15 is 0 Å². The summed E-state index contributed by atoms with van der Waals surface area (Å²) in [6, 6.07) is 0. The molecule has 0 aromatic carbocycles. The lowest BCUT2D eigenvalue weighted by atomic mass is 10.1. The SMILES string of the molecule is CCOC(=O)C1=NC(N(C)C)C(C(=O)OC)=C(C(=O)OC)N1C(=O)OC(C)(C)C. The molecule has 0 fully saturated rings. The van der Waals surface area contributed by atoms with E-state index in [-0.39, 0.29) is 12.2 Å². The van der Waals surface area contributed by atoms with Crippen LogP contribution in [0.25, 0.3) is 0 Å². The Morgan fingerprint density at radius 2 is 1.59 bits per heavy atom. The number of carbonyl (C=O) groups excluding carboxylic acids is 4. The predicted octanol–water partition coefficient (Wildman–Crippen LogP) is 0.687. The number of rotatable bonds is 5. The third kappa shape index (κ3) is 5.53. The van der Waals surface area contributed by atoms with Gasteiger partial charge in [0.05, 0.1) is 20.8 Å². The average molecular weight is 413 g/mol. The number of ether oxygens (including phenoxy) is 4.